The first-order chi connectivity index (χ1) is 7.07. The monoisotopic (exact) mass is 218 g/mol. The molecule has 0 aliphatic carbocycles. The smallest absolute Gasteiger partial charge is 0.303 e. The van der Waals surface area contributed by atoms with E-state index in [1.165, 1.54) is 7.11 Å². The highest BCUT2D eigenvalue weighted by Crippen LogP contribution is 1.90. The van der Waals surface area contributed by atoms with E-state index in [4.69, 9.17) is 15.6 Å². The van der Waals surface area contributed by atoms with Gasteiger partial charge in [0.05, 0.1) is 6.04 Å². The number of hydrogen-bond acceptors (Lipinski definition) is 4. The maximum atomic E-state index is 11.3. The standard InChI is InChI=1S/C9H18N2O4/c1-15-6-4-7(10)9(14)11-5-2-3-8(12)13/h7H,2-6,10H2,1H3,(H,11,14)(H,12,13). The van der Waals surface area contributed by atoms with Crippen molar-refractivity contribution in [2.75, 3.05) is 20.3 Å². The van der Waals surface area contributed by atoms with Gasteiger partial charge < -0.3 is 20.9 Å². The van der Waals surface area contributed by atoms with Crippen molar-refractivity contribution in [3.63, 3.8) is 0 Å². The first kappa shape index (κ1) is 13.9. The van der Waals surface area contributed by atoms with Gasteiger partial charge in [0.15, 0.2) is 0 Å². The molecule has 0 saturated heterocycles. The molecular formula is C9H18N2O4. The summed E-state index contributed by atoms with van der Waals surface area (Å²) in [6.07, 6.45) is 0.924. The summed E-state index contributed by atoms with van der Waals surface area (Å²) in [6, 6.07) is -0.588. The lowest BCUT2D eigenvalue weighted by atomic mass is 10.2. The van der Waals surface area contributed by atoms with Crippen LogP contribution in [0.2, 0.25) is 0 Å². The minimum atomic E-state index is -0.868. The van der Waals surface area contributed by atoms with E-state index >= 15 is 0 Å². The Labute approximate surface area is 88.8 Å². The summed E-state index contributed by atoms with van der Waals surface area (Å²) in [4.78, 5) is 21.4. The Morgan fingerprint density at radius 3 is 2.73 bits per heavy atom. The number of carboxylic acid groups (broad SMARTS) is 1. The van der Waals surface area contributed by atoms with Crippen LogP contribution in [0.25, 0.3) is 0 Å². The predicted octanol–water partition coefficient (Wildman–Crippen LogP) is -0.669. The van der Waals surface area contributed by atoms with Crippen molar-refractivity contribution in [1.29, 1.82) is 0 Å². The van der Waals surface area contributed by atoms with Crippen LogP contribution in [0.3, 0.4) is 0 Å². The second-order valence-electron chi connectivity index (χ2n) is 3.18. The number of nitrogens with one attached hydrogen (secondary N) is 1. The molecule has 88 valence electrons. The van der Waals surface area contributed by atoms with Crippen molar-refractivity contribution in [3.05, 3.63) is 0 Å². The van der Waals surface area contributed by atoms with Crippen LogP contribution in [-0.2, 0) is 14.3 Å². The minimum Gasteiger partial charge on any atom is -0.481 e. The average molecular weight is 218 g/mol. The zero-order chi connectivity index (χ0) is 11.7. The molecule has 0 bridgehead atoms. The average Bonchev–Trinajstić information content (AvgIpc) is 2.20. The van der Waals surface area contributed by atoms with Crippen LogP contribution in [0.1, 0.15) is 19.3 Å². The van der Waals surface area contributed by atoms with Gasteiger partial charge in [-0.1, -0.05) is 0 Å². The van der Waals surface area contributed by atoms with E-state index in [9.17, 15) is 9.59 Å². The Morgan fingerprint density at radius 1 is 1.53 bits per heavy atom. The molecule has 0 aliphatic heterocycles. The molecule has 0 aromatic rings. The number of nitrogens with two attached hydrogens (primary N) is 1. The van der Waals surface area contributed by atoms with Gasteiger partial charge in [-0.2, -0.15) is 0 Å². The van der Waals surface area contributed by atoms with Crippen molar-refractivity contribution in [3.8, 4) is 0 Å². The summed E-state index contributed by atoms with van der Waals surface area (Å²) in [6.45, 7) is 0.773. The fourth-order valence-corrected chi connectivity index (χ4v) is 0.958. The third-order valence-electron chi connectivity index (χ3n) is 1.84. The van der Waals surface area contributed by atoms with Crippen LogP contribution < -0.4 is 11.1 Å². The van der Waals surface area contributed by atoms with Crippen LogP contribution in [0.15, 0.2) is 0 Å². The van der Waals surface area contributed by atoms with Gasteiger partial charge in [-0.05, 0) is 12.8 Å². The van der Waals surface area contributed by atoms with E-state index in [2.05, 4.69) is 5.32 Å². The lowest BCUT2D eigenvalue weighted by Gasteiger charge is -2.10. The Balaban J connectivity index is 3.51. The highest BCUT2D eigenvalue weighted by molar-refractivity contribution is 5.81. The highest BCUT2D eigenvalue weighted by Gasteiger charge is 2.11. The fraction of sp³-hybridized carbons (Fsp3) is 0.778. The number of hydrogen-bond donors (Lipinski definition) is 3. The predicted molar refractivity (Wildman–Crippen MR) is 54.3 cm³/mol. The van der Waals surface area contributed by atoms with Gasteiger partial charge in [0, 0.05) is 26.7 Å². The van der Waals surface area contributed by atoms with Crippen LogP contribution >= 0.6 is 0 Å². The van der Waals surface area contributed by atoms with Gasteiger partial charge in [0.25, 0.3) is 0 Å². The molecule has 4 N–H and O–H groups in total. The molecule has 1 unspecified atom stereocenters. The molecule has 0 rings (SSSR count). The van der Waals surface area contributed by atoms with E-state index in [1.54, 1.807) is 0 Å². The molecule has 0 radical (unpaired) electrons. The topological polar surface area (TPSA) is 102 Å². The van der Waals surface area contributed by atoms with Crippen molar-refractivity contribution in [2.24, 2.45) is 5.73 Å². The van der Waals surface area contributed by atoms with Gasteiger partial charge in [0.1, 0.15) is 0 Å². The summed E-state index contributed by atoms with van der Waals surface area (Å²) < 4.78 is 4.78. The second kappa shape index (κ2) is 8.19. The Kier molecular flexibility index (Phi) is 7.57. The molecule has 0 fully saturated rings. The molecule has 15 heavy (non-hydrogen) atoms. The van der Waals surface area contributed by atoms with Gasteiger partial charge in [-0.3, -0.25) is 9.59 Å². The Hall–Kier alpha value is -1.14. The molecule has 0 aromatic carbocycles. The van der Waals surface area contributed by atoms with Crippen molar-refractivity contribution >= 4 is 11.9 Å². The molecule has 0 aliphatic rings. The van der Waals surface area contributed by atoms with E-state index < -0.39 is 12.0 Å². The molecule has 6 heteroatoms. The zero-order valence-corrected chi connectivity index (χ0v) is 8.86. The van der Waals surface area contributed by atoms with E-state index in [1.807, 2.05) is 0 Å². The summed E-state index contributed by atoms with van der Waals surface area (Å²) in [5.74, 6) is -1.13. The number of aliphatic carboxylic acids is 1. The number of rotatable bonds is 8. The summed E-state index contributed by atoms with van der Waals surface area (Å²) in [5, 5.41) is 10.9. The van der Waals surface area contributed by atoms with Gasteiger partial charge in [-0.15, -0.1) is 0 Å². The Morgan fingerprint density at radius 2 is 2.20 bits per heavy atom. The number of ether oxygens (including phenoxy) is 1. The fourth-order valence-electron chi connectivity index (χ4n) is 0.958. The van der Waals surface area contributed by atoms with Crippen molar-refractivity contribution in [1.82, 2.24) is 5.32 Å². The van der Waals surface area contributed by atoms with Crippen molar-refractivity contribution < 1.29 is 19.4 Å². The first-order valence-corrected chi connectivity index (χ1v) is 4.82. The molecule has 0 saturated carbocycles. The van der Waals surface area contributed by atoms with Crippen LogP contribution in [0.5, 0.6) is 0 Å². The van der Waals surface area contributed by atoms with Gasteiger partial charge >= 0.3 is 5.97 Å². The normalized spacial score (nSPS) is 12.1. The lowest BCUT2D eigenvalue weighted by molar-refractivity contribution is -0.137. The van der Waals surface area contributed by atoms with E-state index in [0.29, 0.717) is 26.0 Å². The number of carbonyl (C=O) groups excluding carboxylic acids is 1. The molecular weight excluding hydrogens is 200 g/mol. The number of amides is 1. The van der Waals surface area contributed by atoms with E-state index in [0.717, 1.165) is 0 Å². The van der Waals surface area contributed by atoms with Crippen molar-refractivity contribution in [2.45, 2.75) is 25.3 Å². The second-order valence-corrected chi connectivity index (χ2v) is 3.18. The third-order valence-corrected chi connectivity index (χ3v) is 1.84. The maximum absolute atomic E-state index is 11.3. The summed E-state index contributed by atoms with van der Waals surface area (Å²) in [7, 11) is 1.54. The van der Waals surface area contributed by atoms with Gasteiger partial charge in [0.2, 0.25) is 5.91 Å². The molecule has 0 spiro atoms. The SMILES string of the molecule is COCCC(N)C(=O)NCCCC(=O)O. The highest BCUT2D eigenvalue weighted by atomic mass is 16.5. The third kappa shape index (κ3) is 7.90. The minimum absolute atomic E-state index is 0.0492. The van der Waals surface area contributed by atoms with Crippen LogP contribution in [0, 0.1) is 0 Å². The summed E-state index contributed by atoms with van der Waals surface area (Å²) in [5.41, 5.74) is 5.54. The van der Waals surface area contributed by atoms with Crippen LogP contribution in [-0.4, -0.2) is 43.3 Å². The molecule has 0 aromatic heterocycles. The Bertz CT molecular complexity index is 208. The molecule has 6 nitrogen and oxygen atoms in total. The number of carboxylic acids is 1. The number of methoxy groups -OCH3 is 1. The quantitative estimate of drug-likeness (QED) is 0.469. The molecule has 1 amide bonds. The zero-order valence-electron chi connectivity index (χ0n) is 8.86. The largest absolute Gasteiger partial charge is 0.481 e. The number of carbonyl (C=O) groups is 2. The van der Waals surface area contributed by atoms with Crippen LogP contribution in [0.4, 0.5) is 0 Å². The first-order valence-electron chi connectivity index (χ1n) is 4.82. The lowest BCUT2D eigenvalue weighted by Crippen LogP contribution is -2.41. The molecule has 0 heterocycles. The van der Waals surface area contributed by atoms with E-state index in [-0.39, 0.29) is 12.3 Å². The van der Waals surface area contributed by atoms with Gasteiger partial charge in [-0.25, -0.2) is 0 Å². The maximum Gasteiger partial charge on any atom is 0.303 e. The summed E-state index contributed by atoms with van der Waals surface area (Å²) >= 11 is 0. The molecule has 1 atom stereocenters.